The molecule has 0 radical (unpaired) electrons. The second-order valence-electron chi connectivity index (χ2n) is 6.92. The lowest BCUT2D eigenvalue weighted by atomic mass is 9.87. The Balaban J connectivity index is 1.84. The summed E-state index contributed by atoms with van der Waals surface area (Å²) in [6.07, 6.45) is 0.185. The van der Waals surface area contributed by atoms with Gasteiger partial charge in [0.15, 0.2) is 0 Å². The maximum absolute atomic E-state index is 13.0. The first-order chi connectivity index (χ1) is 13.7. The second kappa shape index (κ2) is 9.68. The number of para-hydroxylation sites is 1. The summed E-state index contributed by atoms with van der Waals surface area (Å²) in [5, 5.41) is 12.8. The molecule has 1 heterocycles. The molecular weight excluding hydrogens is 356 g/mol. The number of amides is 1. The summed E-state index contributed by atoms with van der Waals surface area (Å²) in [5.41, 5.74) is 3.36. The van der Waals surface area contributed by atoms with Gasteiger partial charge in [-0.3, -0.25) is 4.79 Å². The average Bonchev–Trinajstić information content (AvgIpc) is 2.73. The number of carbonyl (C=O) groups excluding carboxylic acids is 1. The first kappa shape index (κ1) is 20.3. The molecule has 0 aromatic heterocycles. The van der Waals surface area contributed by atoms with E-state index in [-0.39, 0.29) is 25.1 Å². The van der Waals surface area contributed by atoms with E-state index in [1.165, 1.54) is 12.7 Å². The molecule has 28 heavy (non-hydrogen) atoms. The van der Waals surface area contributed by atoms with Gasteiger partial charge in [0, 0.05) is 25.8 Å². The molecule has 2 N–H and O–H groups in total. The molecule has 0 saturated carbocycles. The van der Waals surface area contributed by atoms with E-state index in [4.69, 9.17) is 9.47 Å². The number of nitrogens with one attached hydrogen (secondary N) is 1. The van der Waals surface area contributed by atoms with Crippen LogP contribution >= 0.6 is 0 Å². The van der Waals surface area contributed by atoms with Crippen molar-refractivity contribution in [3.05, 3.63) is 65.2 Å². The van der Waals surface area contributed by atoms with E-state index < -0.39 is 6.10 Å². The van der Waals surface area contributed by atoms with E-state index in [0.29, 0.717) is 13.1 Å². The molecule has 6 nitrogen and oxygen atoms in total. The molecule has 2 aromatic carbocycles. The zero-order valence-electron chi connectivity index (χ0n) is 16.4. The minimum Gasteiger partial charge on any atom is -0.496 e. The van der Waals surface area contributed by atoms with Crippen molar-refractivity contribution >= 4 is 5.91 Å². The van der Waals surface area contributed by atoms with Gasteiger partial charge in [-0.2, -0.15) is 0 Å². The third-order valence-corrected chi connectivity index (χ3v) is 5.05. The summed E-state index contributed by atoms with van der Waals surface area (Å²) in [6, 6.07) is 15.9. The van der Waals surface area contributed by atoms with E-state index in [1.807, 2.05) is 41.3 Å². The first-order valence-electron chi connectivity index (χ1n) is 9.53. The largest absolute Gasteiger partial charge is 0.496 e. The van der Waals surface area contributed by atoms with Gasteiger partial charge in [-0.05, 0) is 23.6 Å². The number of carbonyl (C=O) groups is 1. The Morgan fingerprint density at radius 1 is 1.18 bits per heavy atom. The van der Waals surface area contributed by atoms with E-state index in [2.05, 4.69) is 17.4 Å². The summed E-state index contributed by atoms with van der Waals surface area (Å²) >= 11 is 0. The lowest BCUT2D eigenvalue weighted by Crippen LogP contribution is -2.45. The van der Waals surface area contributed by atoms with Crippen LogP contribution in [0.2, 0.25) is 0 Å². The summed E-state index contributed by atoms with van der Waals surface area (Å²) in [7, 11) is 3.19. The quantitative estimate of drug-likeness (QED) is 0.726. The Morgan fingerprint density at radius 3 is 2.64 bits per heavy atom. The molecule has 0 bridgehead atoms. The van der Waals surface area contributed by atoms with Crippen molar-refractivity contribution in [2.45, 2.75) is 18.6 Å². The van der Waals surface area contributed by atoms with E-state index in [0.717, 1.165) is 23.3 Å². The molecule has 0 fully saturated rings. The normalized spacial score (nSPS) is 17.1. The predicted octanol–water partition coefficient (Wildman–Crippen LogP) is 1.77. The standard InChI is InChI=1S/C22H28N2O4/c1-27-15-17(25)13-23-14-21(26)24-12-11-16-7-3-4-8-18(16)22(24)19-9-5-6-10-20(19)28-2/h3-10,17,22-23,25H,11-15H2,1-2H3/t17-,22+/m0/s1. The minimum atomic E-state index is -0.634. The molecule has 1 aliphatic rings. The number of aliphatic hydroxyl groups is 1. The smallest absolute Gasteiger partial charge is 0.237 e. The maximum atomic E-state index is 13.0. The predicted molar refractivity (Wildman–Crippen MR) is 107 cm³/mol. The molecule has 0 unspecified atom stereocenters. The second-order valence-corrected chi connectivity index (χ2v) is 6.92. The van der Waals surface area contributed by atoms with Gasteiger partial charge < -0.3 is 24.8 Å². The SMILES string of the molecule is COC[C@@H](O)CNCC(=O)N1CCc2ccccc2[C@@H]1c1ccccc1OC. The summed E-state index contributed by atoms with van der Waals surface area (Å²) < 4.78 is 10.5. The van der Waals surface area contributed by atoms with Crippen molar-refractivity contribution in [2.75, 3.05) is 40.5 Å². The Hall–Kier alpha value is -2.41. The lowest BCUT2D eigenvalue weighted by Gasteiger charge is -2.38. The summed E-state index contributed by atoms with van der Waals surface area (Å²) in [4.78, 5) is 14.9. The molecule has 2 atom stereocenters. The van der Waals surface area contributed by atoms with Crippen LogP contribution in [-0.2, 0) is 16.0 Å². The monoisotopic (exact) mass is 384 g/mol. The Kier molecular flexibility index (Phi) is 7.03. The number of benzene rings is 2. The van der Waals surface area contributed by atoms with Crippen LogP contribution in [-0.4, -0.2) is 62.5 Å². The number of aliphatic hydroxyl groups excluding tert-OH is 1. The average molecular weight is 384 g/mol. The fourth-order valence-electron chi connectivity index (χ4n) is 3.76. The number of hydrogen-bond donors (Lipinski definition) is 2. The fraction of sp³-hybridized carbons (Fsp3) is 0.409. The zero-order chi connectivity index (χ0) is 19.9. The van der Waals surface area contributed by atoms with Crippen LogP contribution in [0, 0.1) is 0 Å². The molecule has 1 aliphatic heterocycles. The van der Waals surface area contributed by atoms with Crippen molar-refractivity contribution in [3.63, 3.8) is 0 Å². The van der Waals surface area contributed by atoms with Gasteiger partial charge in [0.05, 0.1) is 32.4 Å². The lowest BCUT2D eigenvalue weighted by molar-refractivity contribution is -0.132. The van der Waals surface area contributed by atoms with Crippen molar-refractivity contribution in [1.82, 2.24) is 10.2 Å². The zero-order valence-corrected chi connectivity index (χ0v) is 16.4. The van der Waals surface area contributed by atoms with Gasteiger partial charge in [-0.1, -0.05) is 42.5 Å². The molecule has 1 amide bonds. The van der Waals surface area contributed by atoms with Crippen LogP contribution in [0.5, 0.6) is 5.75 Å². The number of fused-ring (bicyclic) bond motifs is 1. The van der Waals surface area contributed by atoms with Gasteiger partial charge >= 0.3 is 0 Å². The Bertz CT molecular complexity index is 796. The third kappa shape index (κ3) is 4.52. The maximum Gasteiger partial charge on any atom is 0.237 e. The first-order valence-corrected chi connectivity index (χ1v) is 9.53. The van der Waals surface area contributed by atoms with Gasteiger partial charge in [-0.15, -0.1) is 0 Å². The van der Waals surface area contributed by atoms with Gasteiger partial charge in [-0.25, -0.2) is 0 Å². The van der Waals surface area contributed by atoms with Crippen molar-refractivity contribution in [3.8, 4) is 5.75 Å². The molecule has 3 rings (SSSR count). The number of ether oxygens (including phenoxy) is 2. The highest BCUT2D eigenvalue weighted by Gasteiger charge is 2.33. The minimum absolute atomic E-state index is 0.00461. The van der Waals surface area contributed by atoms with E-state index in [9.17, 15) is 9.90 Å². The van der Waals surface area contributed by atoms with Crippen LogP contribution in [0.25, 0.3) is 0 Å². The third-order valence-electron chi connectivity index (χ3n) is 5.05. The van der Waals surface area contributed by atoms with Crippen LogP contribution in [0.4, 0.5) is 0 Å². The highest BCUT2D eigenvalue weighted by Crippen LogP contribution is 2.39. The number of rotatable bonds is 8. The molecule has 0 spiro atoms. The van der Waals surface area contributed by atoms with E-state index >= 15 is 0 Å². The summed E-state index contributed by atoms with van der Waals surface area (Å²) in [6.45, 7) is 1.35. The molecule has 2 aromatic rings. The highest BCUT2D eigenvalue weighted by molar-refractivity contribution is 5.80. The molecule has 150 valence electrons. The van der Waals surface area contributed by atoms with E-state index in [1.54, 1.807) is 7.11 Å². The molecule has 6 heteroatoms. The Morgan fingerprint density at radius 2 is 1.89 bits per heavy atom. The number of methoxy groups -OCH3 is 2. The van der Waals surface area contributed by atoms with Crippen LogP contribution in [0.1, 0.15) is 22.7 Å². The van der Waals surface area contributed by atoms with Crippen molar-refractivity contribution in [1.29, 1.82) is 0 Å². The van der Waals surface area contributed by atoms with Crippen molar-refractivity contribution in [2.24, 2.45) is 0 Å². The van der Waals surface area contributed by atoms with Gasteiger partial charge in [0.25, 0.3) is 0 Å². The number of nitrogens with zero attached hydrogens (tertiary/aromatic N) is 1. The Labute approximate surface area is 166 Å². The van der Waals surface area contributed by atoms with Crippen molar-refractivity contribution < 1.29 is 19.4 Å². The van der Waals surface area contributed by atoms with Gasteiger partial charge in [0.2, 0.25) is 5.91 Å². The van der Waals surface area contributed by atoms with Crippen LogP contribution in [0.15, 0.2) is 48.5 Å². The molecular formula is C22H28N2O4. The topological polar surface area (TPSA) is 71.0 Å². The van der Waals surface area contributed by atoms with Crippen LogP contribution in [0.3, 0.4) is 0 Å². The molecule has 0 aliphatic carbocycles. The fourth-order valence-corrected chi connectivity index (χ4v) is 3.76. The summed E-state index contributed by atoms with van der Waals surface area (Å²) in [5.74, 6) is 0.764. The highest BCUT2D eigenvalue weighted by atomic mass is 16.5. The van der Waals surface area contributed by atoms with Crippen LogP contribution < -0.4 is 10.1 Å². The molecule has 0 saturated heterocycles. The number of hydrogen-bond acceptors (Lipinski definition) is 5. The van der Waals surface area contributed by atoms with Gasteiger partial charge in [0.1, 0.15) is 5.75 Å².